The average molecular weight is 382 g/mol. The van der Waals surface area contributed by atoms with Crippen molar-refractivity contribution in [2.45, 2.75) is 12.1 Å². The molecule has 0 aliphatic carbocycles. The highest BCUT2D eigenvalue weighted by Crippen LogP contribution is 2.24. The summed E-state index contributed by atoms with van der Waals surface area (Å²) in [6.45, 7) is 0.674. The van der Waals surface area contributed by atoms with Crippen LogP contribution < -0.4 is 0 Å². The molecule has 1 fully saturated rings. The number of ether oxygens (including phenoxy) is 2. The average Bonchev–Trinajstić information content (AvgIpc) is 3.16. The van der Waals surface area contributed by atoms with Crippen LogP contribution in [0.1, 0.15) is 16.4 Å². The van der Waals surface area contributed by atoms with E-state index in [1.54, 1.807) is 17.1 Å². The van der Waals surface area contributed by atoms with Crippen LogP contribution in [0.15, 0.2) is 41.1 Å². The third kappa shape index (κ3) is 3.40. The van der Waals surface area contributed by atoms with Crippen LogP contribution in [0.4, 0.5) is 5.69 Å². The van der Waals surface area contributed by atoms with Crippen LogP contribution in [0.25, 0.3) is 0 Å². The van der Waals surface area contributed by atoms with Crippen LogP contribution in [0.2, 0.25) is 0 Å². The number of nitro benzene ring substituents is 1. The number of esters is 1. The summed E-state index contributed by atoms with van der Waals surface area (Å²) < 4.78 is 13.4. The molecule has 120 valence electrons. The van der Waals surface area contributed by atoms with Crippen molar-refractivity contribution in [3.8, 4) is 0 Å². The number of aromatic nitrogens is 2. The molecule has 1 aliphatic rings. The Kier molecular flexibility index (Phi) is 4.39. The van der Waals surface area contributed by atoms with Crippen molar-refractivity contribution in [3.05, 3.63) is 56.8 Å². The van der Waals surface area contributed by atoms with E-state index >= 15 is 0 Å². The normalized spacial score (nSPS) is 20.4. The summed E-state index contributed by atoms with van der Waals surface area (Å²) in [5, 5.41) is 14.8. The zero-order valence-electron chi connectivity index (χ0n) is 11.8. The molecule has 0 N–H and O–H groups in total. The predicted octanol–water partition coefficient (Wildman–Crippen LogP) is 2.35. The molecule has 3 rings (SSSR count). The van der Waals surface area contributed by atoms with Gasteiger partial charge in [0, 0.05) is 18.3 Å². The summed E-state index contributed by atoms with van der Waals surface area (Å²) in [5.74, 6) is -0.549. The highest BCUT2D eigenvalue weighted by molar-refractivity contribution is 9.10. The zero-order valence-corrected chi connectivity index (χ0v) is 13.4. The maximum atomic E-state index is 12.2. The van der Waals surface area contributed by atoms with Crippen molar-refractivity contribution in [1.82, 2.24) is 9.78 Å². The third-order valence-corrected chi connectivity index (χ3v) is 3.89. The summed E-state index contributed by atoms with van der Waals surface area (Å²) in [6, 6.07) is 5.07. The maximum absolute atomic E-state index is 12.2. The summed E-state index contributed by atoms with van der Waals surface area (Å²) >= 11 is 3.32. The molecule has 0 amide bonds. The fourth-order valence-electron chi connectivity index (χ4n) is 2.30. The molecule has 1 saturated heterocycles. The second kappa shape index (κ2) is 6.47. The highest BCUT2D eigenvalue weighted by atomic mass is 79.9. The summed E-state index contributed by atoms with van der Waals surface area (Å²) in [6.07, 6.45) is 2.96. The first-order valence-corrected chi connectivity index (χ1v) is 7.57. The Balaban J connectivity index is 1.70. The number of hydrogen-bond acceptors (Lipinski definition) is 6. The predicted molar refractivity (Wildman–Crippen MR) is 82.1 cm³/mol. The van der Waals surface area contributed by atoms with Gasteiger partial charge in [-0.1, -0.05) is 0 Å². The van der Waals surface area contributed by atoms with E-state index in [0.717, 1.165) is 4.47 Å². The van der Waals surface area contributed by atoms with E-state index in [2.05, 4.69) is 21.0 Å². The monoisotopic (exact) mass is 381 g/mol. The van der Waals surface area contributed by atoms with Gasteiger partial charge in [-0.2, -0.15) is 5.10 Å². The van der Waals surface area contributed by atoms with Crippen molar-refractivity contribution in [3.63, 3.8) is 0 Å². The molecule has 0 saturated carbocycles. The lowest BCUT2D eigenvalue weighted by Crippen LogP contribution is -2.28. The first-order valence-electron chi connectivity index (χ1n) is 6.77. The van der Waals surface area contributed by atoms with Crippen molar-refractivity contribution >= 4 is 27.6 Å². The number of nitrogens with zero attached hydrogens (tertiary/aromatic N) is 3. The minimum Gasteiger partial charge on any atom is -0.454 e. The van der Waals surface area contributed by atoms with E-state index in [0.29, 0.717) is 6.61 Å². The first-order chi connectivity index (χ1) is 11.0. The molecular formula is C14H12BrN3O5. The van der Waals surface area contributed by atoms with Gasteiger partial charge >= 0.3 is 5.97 Å². The quantitative estimate of drug-likeness (QED) is 0.458. The van der Waals surface area contributed by atoms with Gasteiger partial charge in [0.25, 0.3) is 5.69 Å². The van der Waals surface area contributed by atoms with Crippen LogP contribution in [0, 0.1) is 10.1 Å². The van der Waals surface area contributed by atoms with Gasteiger partial charge < -0.3 is 9.47 Å². The van der Waals surface area contributed by atoms with E-state index < -0.39 is 17.0 Å². The van der Waals surface area contributed by atoms with Gasteiger partial charge in [-0.3, -0.25) is 14.8 Å². The largest absolute Gasteiger partial charge is 0.454 e. The number of non-ortho nitro benzene ring substituents is 1. The second-order valence-corrected chi connectivity index (χ2v) is 5.91. The number of benzene rings is 1. The molecule has 2 heterocycles. The summed E-state index contributed by atoms with van der Waals surface area (Å²) in [5.41, 5.74) is 0.174. The van der Waals surface area contributed by atoms with Crippen LogP contribution >= 0.6 is 15.9 Å². The molecule has 1 aromatic carbocycles. The summed E-state index contributed by atoms with van der Waals surface area (Å²) in [4.78, 5) is 22.3. The fraction of sp³-hybridized carbons (Fsp3) is 0.286. The standard InChI is InChI=1S/C14H12BrN3O5/c15-10-5-16-17(6-10)12-7-22-8-13(12)23-14(19)9-1-3-11(4-2-9)18(20)21/h1-6,12-13H,7-8H2. The van der Waals surface area contributed by atoms with Gasteiger partial charge in [0.1, 0.15) is 12.1 Å². The van der Waals surface area contributed by atoms with Crippen LogP contribution in [-0.2, 0) is 9.47 Å². The molecule has 1 aliphatic heterocycles. The molecule has 0 bridgehead atoms. The topological polar surface area (TPSA) is 96.5 Å². The molecule has 1 aromatic heterocycles. The van der Waals surface area contributed by atoms with Crippen molar-refractivity contribution in [1.29, 1.82) is 0 Å². The number of halogens is 1. The Morgan fingerprint density at radius 1 is 1.39 bits per heavy atom. The number of rotatable bonds is 4. The molecule has 0 spiro atoms. The van der Waals surface area contributed by atoms with Crippen LogP contribution in [-0.4, -0.2) is 40.0 Å². The van der Waals surface area contributed by atoms with E-state index in [1.165, 1.54) is 24.3 Å². The van der Waals surface area contributed by atoms with Crippen molar-refractivity contribution in [2.75, 3.05) is 13.2 Å². The molecule has 8 nitrogen and oxygen atoms in total. The molecule has 2 aromatic rings. The van der Waals surface area contributed by atoms with Gasteiger partial charge in [-0.25, -0.2) is 4.79 Å². The lowest BCUT2D eigenvalue weighted by atomic mass is 10.2. The van der Waals surface area contributed by atoms with Gasteiger partial charge in [-0.05, 0) is 28.1 Å². The Morgan fingerprint density at radius 2 is 2.13 bits per heavy atom. The molecule has 2 atom stereocenters. The van der Waals surface area contributed by atoms with E-state index in [-0.39, 0.29) is 23.9 Å². The smallest absolute Gasteiger partial charge is 0.338 e. The Labute approximate surface area is 139 Å². The van der Waals surface area contributed by atoms with Gasteiger partial charge in [0.15, 0.2) is 0 Å². The van der Waals surface area contributed by atoms with Crippen LogP contribution in [0.3, 0.4) is 0 Å². The number of carbonyl (C=O) groups excluding carboxylic acids is 1. The summed E-state index contributed by atoms with van der Waals surface area (Å²) in [7, 11) is 0. The van der Waals surface area contributed by atoms with E-state index in [4.69, 9.17) is 9.47 Å². The Bertz CT molecular complexity index is 730. The van der Waals surface area contributed by atoms with E-state index in [9.17, 15) is 14.9 Å². The molecule has 2 unspecified atom stereocenters. The third-order valence-electron chi connectivity index (χ3n) is 3.48. The lowest BCUT2D eigenvalue weighted by Gasteiger charge is -2.18. The number of hydrogen-bond donors (Lipinski definition) is 0. The molecular weight excluding hydrogens is 370 g/mol. The number of nitro groups is 1. The first kappa shape index (κ1) is 15.6. The van der Waals surface area contributed by atoms with Gasteiger partial charge in [0.2, 0.25) is 0 Å². The van der Waals surface area contributed by atoms with Gasteiger partial charge in [0.05, 0.1) is 34.4 Å². The Morgan fingerprint density at radius 3 is 2.74 bits per heavy atom. The SMILES string of the molecule is O=C(OC1COCC1n1cc(Br)cn1)c1ccc([N+](=O)[O-])cc1. The second-order valence-electron chi connectivity index (χ2n) is 4.99. The minimum atomic E-state index is -0.549. The van der Waals surface area contributed by atoms with Crippen molar-refractivity contribution in [2.24, 2.45) is 0 Å². The number of carbonyl (C=O) groups is 1. The highest BCUT2D eigenvalue weighted by Gasteiger charge is 2.34. The Hall–Kier alpha value is -2.26. The van der Waals surface area contributed by atoms with Gasteiger partial charge in [-0.15, -0.1) is 0 Å². The zero-order chi connectivity index (χ0) is 16.4. The lowest BCUT2D eigenvalue weighted by molar-refractivity contribution is -0.384. The van der Waals surface area contributed by atoms with Crippen molar-refractivity contribution < 1.29 is 19.2 Å². The van der Waals surface area contributed by atoms with E-state index in [1.807, 2.05) is 0 Å². The molecule has 0 radical (unpaired) electrons. The minimum absolute atomic E-state index is 0.0787. The molecule has 9 heteroatoms. The van der Waals surface area contributed by atoms with Crippen LogP contribution in [0.5, 0.6) is 0 Å². The fourth-order valence-corrected chi connectivity index (χ4v) is 2.60. The maximum Gasteiger partial charge on any atom is 0.338 e. The molecule has 23 heavy (non-hydrogen) atoms.